The molecule has 0 radical (unpaired) electrons. The van der Waals surface area contributed by atoms with Gasteiger partial charge in [-0.25, -0.2) is 4.39 Å². The van der Waals surface area contributed by atoms with E-state index in [0.29, 0.717) is 0 Å². The minimum absolute atomic E-state index is 1.12. The maximum atomic E-state index is 12.6. The third-order valence-electron chi connectivity index (χ3n) is 0.820. The summed E-state index contributed by atoms with van der Waals surface area (Å²) in [6.45, 7) is 2.42. The summed E-state index contributed by atoms with van der Waals surface area (Å²) in [6.07, 6.45) is 0. The Hall–Kier alpha value is -0.120. The lowest BCUT2D eigenvalue weighted by Gasteiger charge is -2.16. The third kappa shape index (κ3) is 2.79. The van der Waals surface area contributed by atoms with E-state index in [9.17, 15) is 9.18 Å². The fourth-order valence-corrected chi connectivity index (χ4v) is 0.294. The molecular weight excluding hydrogens is 191 g/mol. The highest BCUT2D eigenvalue weighted by Gasteiger charge is 2.32. The minimum atomic E-state index is -1.70. The van der Waals surface area contributed by atoms with E-state index in [1.165, 1.54) is 13.8 Å². The largest absolute Gasteiger partial charge is 0.480 e. The van der Waals surface area contributed by atoms with Crippen LogP contribution in [0.3, 0.4) is 0 Å². The highest BCUT2D eigenvalue weighted by atomic mass is 79.9. The van der Waals surface area contributed by atoms with Crippen molar-refractivity contribution >= 4 is 21.9 Å². The van der Waals surface area contributed by atoms with Gasteiger partial charge in [-0.3, -0.25) is 4.79 Å². The van der Waals surface area contributed by atoms with E-state index in [4.69, 9.17) is 5.11 Å². The smallest absolute Gasteiger partial charge is 0.320 e. The van der Waals surface area contributed by atoms with Crippen molar-refractivity contribution in [1.82, 2.24) is 0 Å². The minimum Gasteiger partial charge on any atom is -0.480 e. The number of halogens is 2. The van der Waals surface area contributed by atoms with Gasteiger partial charge in [0, 0.05) is 0 Å². The second-order valence-corrected chi connectivity index (χ2v) is 3.18. The van der Waals surface area contributed by atoms with Crippen LogP contribution in [0, 0.1) is 0 Å². The van der Waals surface area contributed by atoms with Crippen molar-refractivity contribution in [3.63, 3.8) is 0 Å². The first-order valence-electron chi connectivity index (χ1n) is 2.41. The molecule has 9 heavy (non-hydrogen) atoms. The Morgan fingerprint density at radius 2 is 2.11 bits per heavy atom. The number of alkyl halides is 2. The standard InChI is InChI=1S/C5H8BrFO2/c1-5(2,7)3(6)4(8)9/h3H,1-2H3,(H,8,9). The van der Waals surface area contributed by atoms with Crippen molar-refractivity contribution in [3.05, 3.63) is 0 Å². The van der Waals surface area contributed by atoms with E-state index >= 15 is 0 Å². The Kier molecular flexibility index (Phi) is 2.61. The SMILES string of the molecule is CC(C)(F)C(Br)C(=O)O. The van der Waals surface area contributed by atoms with Gasteiger partial charge in [0.05, 0.1) is 0 Å². The molecule has 54 valence electrons. The van der Waals surface area contributed by atoms with Crippen LogP contribution in [0.2, 0.25) is 0 Å². The van der Waals surface area contributed by atoms with E-state index in [-0.39, 0.29) is 0 Å². The maximum absolute atomic E-state index is 12.6. The zero-order valence-corrected chi connectivity index (χ0v) is 6.77. The molecule has 0 aliphatic rings. The predicted octanol–water partition coefficient (Wildman–Crippen LogP) is 1.58. The van der Waals surface area contributed by atoms with Crippen LogP contribution in [0.5, 0.6) is 0 Å². The van der Waals surface area contributed by atoms with Crippen molar-refractivity contribution in [1.29, 1.82) is 0 Å². The van der Waals surface area contributed by atoms with Crippen LogP contribution < -0.4 is 0 Å². The lowest BCUT2D eigenvalue weighted by Crippen LogP contribution is -2.33. The summed E-state index contributed by atoms with van der Waals surface area (Å²) in [7, 11) is 0. The molecule has 0 heterocycles. The molecule has 0 saturated carbocycles. The van der Waals surface area contributed by atoms with Crippen LogP contribution in [0.1, 0.15) is 13.8 Å². The first-order valence-corrected chi connectivity index (χ1v) is 3.33. The summed E-state index contributed by atoms with van der Waals surface area (Å²) >= 11 is 2.69. The van der Waals surface area contributed by atoms with Crippen LogP contribution in [0.15, 0.2) is 0 Å². The Bertz CT molecular complexity index is 119. The molecule has 1 atom stereocenters. The third-order valence-corrected chi connectivity index (χ3v) is 2.30. The molecule has 0 aromatic heterocycles. The number of hydrogen-bond acceptors (Lipinski definition) is 1. The van der Waals surface area contributed by atoms with Gasteiger partial charge in [-0.2, -0.15) is 0 Å². The van der Waals surface area contributed by atoms with Crippen molar-refractivity contribution < 1.29 is 14.3 Å². The van der Waals surface area contributed by atoms with Crippen LogP contribution >= 0.6 is 15.9 Å². The molecule has 0 spiro atoms. The Morgan fingerprint density at radius 3 is 2.11 bits per heavy atom. The molecule has 1 N–H and O–H groups in total. The summed E-state index contributed by atoms with van der Waals surface area (Å²) in [5.74, 6) is -1.18. The summed E-state index contributed by atoms with van der Waals surface area (Å²) in [6, 6.07) is 0. The molecule has 0 aliphatic heterocycles. The predicted molar refractivity (Wildman–Crippen MR) is 35.5 cm³/mol. The summed E-state index contributed by atoms with van der Waals surface area (Å²) in [4.78, 5) is 8.94. The zero-order valence-electron chi connectivity index (χ0n) is 5.19. The first kappa shape index (κ1) is 8.88. The second kappa shape index (κ2) is 2.64. The first-order chi connectivity index (χ1) is 3.85. The van der Waals surface area contributed by atoms with Gasteiger partial charge in [-0.1, -0.05) is 15.9 Å². The van der Waals surface area contributed by atoms with E-state index in [0.717, 1.165) is 0 Å². The molecule has 4 heteroatoms. The molecule has 2 nitrogen and oxygen atoms in total. The lowest BCUT2D eigenvalue weighted by atomic mass is 10.1. The Morgan fingerprint density at radius 1 is 1.78 bits per heavy atom. The topological polar surface area (TPSA) is 37.3 Å². The molecule has 1 unspecified atom stereocenters. The number of carboxylic acid groups (broad SMARTS) is 1. The maximum Gasteiger partial charge on any atom is 0.320 e. The molecule has 0 aromatic carbocycles. The fourth-order valence-electron chi connectivity index (χ4n) is 0.294. The quantitative estimate of drug-likeness (QED) is 0.685. The van der Waals surface area contributed by atoms with Gasteiger partial charge in [-0.05, 0) is 13.8 Å². The molecule has 0 amide bonds. The van der Waals surface area contributed by atoms with E-state index in [1.54, 1.807) is 0 Å². The van der Waals surface area contributed by atoms with E-state index < -0.39 is 16.5 Å². The average Bonchev–Trinajstić information content (AvgIpc) is 1.62. The van der Waals surface area contributed by atoms with Gasteiger partial charge < -0.3 is 5.11 Å². The van der Waals surface area contributed by atoms with Crippen LogP contribution in [0.4, 0.5) is 4.39 Å². The average molecular weight is 199 g/mol. The summed E-state index contributed by atoms with van der Waals surface area (Å²) < 4.78 is 12.6. The molecule has 0 fully saturated rings. The van der Waals surface area contributed by atoms with E-state index in [2.05, 4.69) is 15.9 Å². The van der Waals surface area contributed by atoms with Crippen molar-refractivity contribution in [2.45, 2.75) is 24.3 Å². The molecule has 0 rings (SSSR count). The number of carboxylic acids is 1. The van der Waals surface area contributed by atoms with Crippen LogP contribution in [-0.2, 0) is 4.79 Å². The molecular formula is C5H8BrFO2. The number of aliphatic carboxylic acids is 1. The Balaban J connectivity index is 4.04. The molecule has 0 bridgehead atoms. The van der Waals surface area contributed by atoms with Gasteiger partial charge in [0.15, 0.2) is 0 Å². The summed E-state index contributed by atoms with van der Waals surface area (Å²) in [5, 5.41) is 8.23. The van der Waals surface area contributed by atoms with Crippen molar-refractivity contribution in [3.8, 4) is 0 Å². The van der Waals surface area contributed by atoms with Gasteiger partial charge in [-0.15, -0.1) is 0 Å². The monoisotopic (exact) mass is 198 g/mol. The van der Waals surface area contributed by atoms with Gasteiger partial charge >= 0.3 is 5.97 Å². The van der Waals surface area contributed by atoms with Gasteiger partial charge in [0.25, 0.3) is 0 Å². The highest BCUT2D eigenvalue weighted by Crippen LogP contribution is 2.21. The number of rotatable bonds is 2. The van der Waals surface area contributed by atoms with Crippen LogP contribution in [-0.4, -0.2) is 21.6 Å². The van der Waals surface area contributed by atoms with Gasteiger partial charge in [0.1, 0.15) is 10.5 Å². The lowest BCUT2D eigenvalue weighted by molar-refractivity contribution is -0.138. The van der Waals surface area contributed by atoms with Crippen molar-refractivity contribution in [2.75, 3.05) is 0 Å². The molecule has 0 aliphatic carbocycles. The number of carbonyl (C=O) groups is 1. The summed E-state index contributed by atoms with van der Waals surface area (Å²) in [5.41, 5.74) is -1.70. The highest BCUT2D eigenvalue weighted by molar-refractivity contribution is 9.10. The molecule has 0 saturated heterocycles. The zero-order chi connectivity index (χ0) is 7.65. The molecule has 0 aromatic rings. The fraction of sp³-hybridized carbons (Fsp3) is 0.800. The second-order valence-electron chi connectivity index (χ2n) is 2.27. The van der Waals surface area contributed by atoms with Crippen molar-refractivity contribution in [2.24, 2.45) is 0 Å². The normalized spacial score (nSPS) is 15.1. The Labute approximate surface area is 61.2 Å². The van der Waals surface area contributed by atoms with Gasteiger partial charge in [0.2, 0.25) is 0 Å². The number of hydrogen-bond donors (Lipinski definition) is 1. The van der Waals surface area contributed by atoms with E-state index in [1.807, 2.05) is 0 Å². The van der Waals surface area contributed by atoms with Crippen LogP contribution in [0.25, 0.3) is 0 Å².